The molecule has 0 spiro atoms. The van der Waals surface area contributed by atoms with Crippen LogP contribution in [0.15, 0.2) is 16.7 Å². The summed E-state index contributed by atoms with van der Waals surface area (Å²) in [5.74, 6) is -0.444. The van der Waals surface area contributed by atoms with Crippen LogP contribution in [-0.4, -0.2) is 48.5 Å². The van der Waals surface area contributed by atoms with Crippen molar-refractivity contribution < 1.29 is 22.7 Å². The van der Waals surface area contributed by atoms with Crippen molar-refractivity contribution in [3.63, 3.8) is 0 Å². The van der Waals surface area contributed by atoms with Gasteiger partial charge in [-0.25, -0.2) is 13.2 Å². The minimum absolute atomic E-state index is 0.107. The van der Waals surface area contributed by atoms with Gasteiger partial charge in [0.05, 0.1) is 24.3 Å². The molecular weight excluding hydrogens is 258 g/mol. The first-order chi connectivity index (χ1) is 8.39. The molecule has 1 aliphatic heterocycles. The van der Waals surface area contributed by atoms with E-state index in [1.54, 1.807) is 0 Å². The molecule has 0 saturated carbocycles. The number of sulfone groups is 1. The highest BCUT2D eigenvalue weighted by atomic mass is 32.2. The number of carbonyl (C=O) groups is 1. The van der Waals surface area contributed by atoms with Crippen molar-refractivity contribution in [2.75, 3.05) is 18.1 Å². The second kappa shape index (κ2) is 4.74. The standard InChI is InChI=1S/C11H15NO5S/c1-8-7-18(15,16)5-3-12(8)6-10-9(11(13)14)2-4-17-10/h2,4,8H,3,5-7H2,1H3,(H,13,14). The average molecular weight is 273 g/mol. The Morgan fingerprint density at radius 3 is 2.94 bits per heavy atom. The minimum Gasteiger partial charge on any atom is -0.478 e. The highest BCUT2D eigenvalue weighted by Gasteiger charge is 2.29. The average Bonchev–Trinajstić information content (AvgIpc) is 2.69. The van der Waals surface area contributed by atoms with Gasteiger partial charge in [-0.2, -0.15) is 0 Å². The van der Waals surface area contributed by atoms with E-state index in [1.807, 2.05) is 11.8 Å². The summed E-state index contributed by atoms with van der Waals surface area (Å²) in [6.45, 7) is 2.55. The Hall–Kier alpha value is -1.34. The van der Waals surface area contributed by atoms with Crippen LogP contribution in [0.5, 0.6) is 0 Å². The van der Waals surface area contributed by atoms with E-state index in [2.05, 4.69) is 0 Å². The topological polar surface area (TPSA) is 87.8 Å². The first kappa shape index (κ1) is 13.1. The molecule has 0 aliphatic carbocycles. The van der Waals surface area contributed by atoms with Gasteiger partial charge in [0.1, 0.15) is 11.3 Å². The Bertz CT molecular complexity index is 548. The van der Waals surface area contributed by atoms with E-state index in [0.717, 1.165) is 0 Å². The summed E-state index contributed by atoms with van der Waals surface area (Å²) in [4.78, 5) is 12.9. The van der Waals surface area contributed by atoms with Crippen LogP contribution in [-0.2, 0) is 16.4 Å². The molecule has 18 heavy (non-hydrogen) atoms. The van der Waals surface area contributed by atoms with Gasteiger partial charge in [0.25, 0.3) is 0 Å². The number of aromatic carboxylic acids is 1. The van der Waals surface area contributed by atoms with Crippen molar-refractivity contribution in [1.29, 1.82) is 0 Å². The van der Waals surface area contributed by atoms with Crippen LogP contribution in [0.2, 0.25) is 0 Å². The third-order valence-electron chi connectivity index (χ3n) is 3.13. The molecule has 0 radical (unpaired) electrons. The third kappa shape index (κ3) is 2.73. The molecule has 7 heteroatoms. The van der Waals surface area contributed by atoms with Crippen LogP contribution in [0, 0.1) is 0 Å². The number of carboxylic acid groups (broad SMARTS) is 1. The lowest BCUT2D eigenvalue weighted by molar-refractivity contribution is 0.0691. The van der Waals surface area contributed by atoms with Gasteiger partial charge in [0.15, 0.2) is 9.84 Å². The van der Waals surface area contributed by atoms with Gasteiger partial charge < -0.3 is 9.52 Å². The Labute approximate surface area is 105 Å². The summed E-state index contributed by atoms with van der Waals surface area (Å²) in [5.41, 5.74) is 0.135. The molecule has 1 fully saturated rings. The Kier molecular flexibility index (Phi) is 3.45. The van der Waals surface area contributed by atoms with Crippen molar-refractivity contribution in [3.05, 3.63) is 23.7 Å². The number of hydrogen-bond acceptors (Lipinski definition) is 5. The maximum atomic E-state index is 11.4. The highest BCUT2D eigenvalue weighted by Crippen LogP contribution is 2.18. The van der Waals surface area contributed by atoms with Crippen LogP contribution < -0.4 is 0 Å². The zero-order chi connectivity index (χ0) is 13.3. The molecule has 1 atom stereocenters. The van der Waals surface area contributed by atoms with Crippen molar-refractivity contribution in [2.24, 2.45) is 0 Å². The second-order valence-corrected chi connectivity index (χ2v) is 6.73. The summed E-state index contributed by atoms with van der Waals surface area (Å²) in [7, 11) is -2.96. The van der Waals surface area contributed by atoms with E-state index in [0.29, 0.717) is 18.8 Å². The van der Waals surface area contributed by atoms with Crippen LogP contribution in [0.3, 0.4) is 0 Å². The van der Waals surface area contributed by atoms with Crippen LogP contribution in [0.1, 0.15) is 23.0 Å². The van der Waals surface area contributed by atoms with Crippen molar-refractivity contribution in [1.82, 2.24) is 4.90 Å². The molecule has 1 aromatic heterocycles. The minimum atomic E-state index is -2.96. The molecule has 2 heterocycles. The van der Waals surface area contributed by atoms with Gasteiger partial charge in [-0.05, 0) is 13.0 Å². The lowest BCUT2D eigenvalue weighted by Gasteiger charge is -2.32. The molecule has 0 bridgehead atoms. The first-order valence-electron chi connectivity index (χ1n) is 5.63. The summed E-state index contributed by atoms with van der Waals surface area (Å²) < 4.78 is 28.0. The molecule has 1 N–H and O–H groups in total. The van der Waals surface area contributed by atoms with E-state index >= 15 is 0 Å². The second-order valence-electron chi connectivity index (χ2n) is 4.50. The molecular formula is C11H15NO5S. The molecule has 1 saturated heterocycles. The largest absolute Gasteiger partial charge is 0.478 e. The molecule has 0 aromatic carbocycles. The number of rotatable bonds is 3. The van der Waals surface area contributed by atoms with Gasteiger partial charge in [-0.1, -0.05) is 0 Å². The Morgan fingerprint density at radius 1 is 1.61 bits per heavy atom. The number of hydrogen-bond donors (Lipinski definition) is 1. The molecule has 1 aliphatic rings. The van der Waals surface area contributed by atoms with Crippen LogP contribution in [0.25, 0.3) is 0 Å². The predicted octanol–water partition coefficient (Wildman–Crippen LogP) is 0.597. The normalized spacial score (nSPS) is 23.9. The Balaban J connectivity index is 2.10. The van der Waals surface area contributed by atoms with E-state index in [9.17, 15) is 13.2 Å². The SMILES string of the molecule is CC1CS(=O)(=O)CCN1Cc1occc1C(=O)O. The maximum absolute atomic E-state index is 11.4. The fourth-order valence-corrected chi connectivity index (χ4v) is 3.73. The fraction of sp³-hybridized carbons (Fsp3) is 0.545. The molecule has 1 aromatic rings. The van der Waals surface area contributed by atoms with Crippen LogP contribution >= 0.6 is 0 Å². The lowest BCUT2D eigenvalue weighted by Crippen LogP contribution is -2.46. The van der Waals surface area contributed by atoms with Crippen LogP contribution in [0.4, 0.5) is 0 Å². The molecule has 0 amide bonds. The van der Waals surface area contributed by atoms with Gasteiger partial charge >= 0.3 is 5.97 Å². The van der Waals surface area contributed by atoms with E-state index in [4.69, 9.17) is 9.52 Å². The summed E-state index contributed by atoms with van der Waals surface area (Å²) in [5, 5.41) is 8.96. The molecule has 1 unspecified atom stereocenters. The van der Waals surface area contributed by atoms with E-state index < -0.39 is 15.8 Å². The van der Waals surface area contributed by atoms with Crippen molar-refractivity contribution in [2.45, 2.75) is 19.5 Å². The van der Waals surface area contributed by atoms with Gasteiger partial charge in [-0.3, -0.25) is 4.90 Å². The first-order valence-corrected chi connectivity index (χ1v) is 7.45. The van der Waals surface area contributed by atoms with Crippen molar-refractivity contribution >= 4 is 15.8 Å². The monoisotopic (exact) mass is 273 g/mol. The lowest BCUT2D eigenvalue weighted by atomic mass is 10.2. The van der Waals surface area contributed by atoms with Gasteiger partial charge in [0.2, 0.25) is 0 Å². The zero-order valence-corrected chi connectivity index (χ0v) is 10.8. The van der Waals surface area contributed by atoms with E-state index in [1.165, 1.54) is 12.3 Å². The quantitative estimate of drug-likeness (QED) is 0.867. The van der Waals surface area contributed by atoms with Crippen molar-refractivity contribution in [3.8, 4) is 0 Å². The smallest absolute Gasteiger partial charge is 0.339 e. The highest BCUT2D eigenvalue weighted by molar-refractivity contribution is 7.91. The summed E-state index contributed by atoms with van der Waals surface area (Å²) in [6.07, 6.45) is 1.34. The molecule has 100 valence electrons. The summed E-state index contributed by atoms with van der Waals surface area (Å²) >= 11 is 0. The number of nitrogens with zero attached hydrogens (tertiary/aromatic N) is 1. The summed E-state index contributed by atoms with van der Waals surface area (Å²) in [6, 6.07) is 1.28. The Morgan fingerprint density at radius 2 is 2.33 bits per heavy atom. The number of carboxylic acids is 1. The van der Waals surface area contributed by atoms with Gasteiger partial charge in [0, 0.05) is 12.6 Å². The maximum Gasteiger partial charge on any atom is 0.339 e. The van der Waals surface area contributed by atoms with E-state index in [-0.39, 0.29) is 23.1 Å². The third-order valence-corrected chi connectivity index (χ3v) is 4.93. The molecule has 2 rings (SSSR count). The fourth-order valence-electron chi connectivity index (χ4n) is 2.11. The molecule has 6 nitrogen and oxygen atoms in total. The zero-order valence-electron chi connectivity index (χ0n) is 10.00. The van der Waals surface area contributed by atoms with Gasteiger partial charge in [-0.15, -0.1) is 0 Å². The predicted molar refractivity (Wildman–Crippen MR) is 64.2 cm³/mol. The number of furan rings is 1.